The predicted molar refractivity (Wildman–Crippen MR) is 69.8 cm³/mol. The Morgan fingerprint density at radius 3 is 2.74 bits per heavy atom. The van der Waals surface area contributed by atoms with E-state index in [1.54, 1.807) is 24.3 Å². The van der Waals surface area contributed by atoms with Gasteiger partial charge in [0, 0.05) is 5.92 Å². The summed E-state index contributed by atoms with van der Waals surface area (Å²) in [5.41, 5.74) is 0.477. The number of carboxylic acids is 1. The van der Waals surface area contributed by atoms with Gasteiger partial charge in [-0.25, -0.2) is 4.79 Å². The SMILES string of the molecule is N#Cc1cccc(OC(C(=O)O)C2CCCCC2)c1. The number of carbonyl (C=O) groups is 1. The first-order valence-corrected chi connectivity index (χ1v) is 6.60. The van der Waals surface area contributed by atoms with Crippen LogP contribution in [0.2, 0.25) is 0 Å². The quantitative estimate of drug-likeness (QED) is 0.902. The fourth-order valence-corrected chi connectivity index (χ4v) is 2.57. The van der Waals surface area contributed by atoms with Gasteiger partial charge in [0.25, 0.3) is 0 Å². The topological polar surface area (TPSA) is 70.3 Å². The third kappa shape index (κ3) is 3.47. The van der Waals surface area contributed by atoms with E-state index in [1.165, 1.54) is 6.42 Å². The molecule has 0 radical (unpaired) electrons. The molecule has 1 aromatic rings. The molecule has 1 aliphatic carbocycles. The lowest BCUT2D eigenvalue weighted by atomic mass is 9.85. The van der Waals surface area contributed by atoms with Crippen LogP contribution in [0.3, 0.4) is 0 Å². The minimum Gasteiger partial charge on any atom is -0.478 e. The van der Waals surface area contributed by atoms with Gasteiger partial charge in [0.1, 0.15) is 5.75 Å². The monoisotopic (exact) mass is 259 g/mol. The van der Waals surface area contributed by atoms with Crippen molar-refractivity contribution in [2.75, 3.05) is 0 Å². The summed E-state index contributed by atoms with van der Waals surface area (Å²) in [6, 6.07) is 8.67. The number of ether oxygens (including phenoxy) is 1. The molecule has 1 fully saturated rings. The molecular formula is C15H17NO3. The van der Waals surface area contributed by atoms with E-state index in [2.05, 4.69) is 0 Å². The van der Waals surface area contributed by atoms with E-state index in [0.29, 0.717) is 11.3 Å². The number of hydrogen-bond donors (Lipinski definition) is 1. The van der Waals surface area contributed by atoms with Crippen molar-refractivity contribution in [2.45, 2.75) is 38.2 Å². The van der Waals surface area contributed by atoms with Gasteiger partial charge in [0.2, 0.25) is 0 Å². The van der Waals surface area contributed by atoms with Crippen LogP contribution in [0.4, 0.5) is 0 Å². The largest absolute Gasteiger partial charge is 0.478 e. The molecule has 1 aromatic carbocycles. The Balaban J connectivity index is 2.11. The minimum absolute atomic E-state index is 0.0667. The van der Waals surface area contributed by atoms with Crippen molar-refractivity contribution in [3.63, 3.8) is 0 Å². The summed E-state index contributed by atoms with van der Waals surface area (Å²) in [4.78, 5) is 11.4. The molecule has 1 atom stereocenters. The van der Waals surface area contributed by atoms with Gasteiger partial charge in [-0.1, -0.05) is 25.3 Å². The normalized spacial score (nSPS) is 17.4. The van der Waals surface area contributed by atoms with Crippen LogP contribution < -0.4 is 4.74 Å². The molecule has 0 amide bonds. The lowest BCUT2D eigenvalue weighted by molar-refractivity contribution is -0.148. The number of nitriles is 1. The van der Waals surface area contributed by atoms with E-state index in [9.17, 15) is 9.90 Å². The standard InChI is InChI=1S/C15H17NO3/c16-10-11-5-4-8-13(9-11)19-14(15(17)18)12-6-2-1-3-7-12/h4-5,8-9,12,14H,1-3,6-7H2,(H,17,18). The molecule has 1 unspecified atom stereocenters. The maximum atomic E-state index is 11.4. The van der Waals surface area contributed by atoms with Crippen LogP contribution in [0.1, 0.15) is 37.7 Å². The van der Waals surface area contributed by atoms with Crippen molar-refractivity contribution in [2.24, 2.45) is 5.92 Å². The molecule has 1 aliphatic rings. The molecule has 2 rings (SSSR count). The molecule has 0 aromatic heterocycles. The summed E-state index contributed by atoms with van der Waals surface area (Å²) in [5.74, 6) is -0.400. The second-order valence-electron chi connectivity index (χ2n) is 4.91. The first kappa shape index (κ1) is 13.4. The molecule has 19 heavy (non-hydrogen) atoms. The van der Waals surface area contributed by atoms with Crippen molar-refractivity contribution >= 4 is 5.97 Å². The summed E-state index contributed by atoms with van der Waals surface area (Å²) in [6.07, 6.45) is 4.29. The maximum absolute atomic E-state index is 11.4. The summed E-state index contributed by atoms with van der Waals surface area (Å²) in [7, 11) is 0. The Kier molecular flexibility index (Phi) is 4.40. The van der Waals surface area contributed by atoms with Crippen LogP contribution in [0.15, 0.2) is 24.3 Å². The average molecular weight is 259 g/mol. The van der Waals surface area contributed by atoms with E-state index < -0.39 is 12.1 Å². The molecule has 1 N–H and O–H groups in total. The molecule has 100 valence electrons. The maximum Gasteiger partial charge on any atom is 0.345 e. The number of hydrogen-bond acceptors (Lipinski definition) is 3. The second-order valence-corrected chi connectivity index (χ2v) is 4.91. The molecule has 0 aliphatic heterocycles. The van der Waals surface area contributed by atoms with Crippen LogP contribution in [0.25, 0.3) is 0 Å². The third-order valence-corrected chi connectivity index (χ3v) is 3.55. The van der Waals surface area contributed by atoms with Gasteiger partial charge in [-0.3, -0.25) is 0 Å². The average Bonchev–Trinajstić information content (AvgIpc) is 2.45. The molecule has 4 nitrogen and oxygen atoms in total. The van der Waals surface area contributed by atoms with Crippen LogP contribution in [0.5, 0.6) is 5.75 Å². The van der Waals surface area contributed by atoms with E-state index in [1.807, 2.05) is 6.07 Å². The highest BCUT2D eigenvalue weighted by Gasteiger charge is 2.31. The zero-order valence-corrected chi connectivity index (χ0v) is 10.7. The Morgan fingerprint density at radius 2 is 2.11 bits per heavy atom. The molecule has 0 bridgehead atoms. The van der Waals surface area contributed by atoms with Crippen LogP contribution in [0, 0.1) is 17.2 Å². The van der Waals surface area contributed by atoms with Crippen molar-refractivity contribution in [1.29, 1.82) is 5.26 Å². The van der Waals surface area contributed by atoms with Gasteiger partial charge in [0.05, 0.1) is 11.6 Å². The lowest BCUT2D eigenvalue weighted by Gasteiger charge is -2.27. The summed E-state index contributed by atoms with van der Waals surface area (Å²) >= 11 is 0. The highest BCUT2D eigenvalue weighted by atomic mass is 16.5. The molecule has 1 saturated carbocycles. The fraction of sp³-hybridized carbons (Fsp3) is 0.467. The first-order chi connectivity index (χ1) is 9.20. The highest BCUT2D eigenvalue weighted by molar-refractivity contribution is 5.73. The highest BCUT2D eigenvalue weighted by Crippen LogP contribution is 2.29. The Hall–Kier alpha value is -2.02. The summed E-state index contributed by atoms with van der Waals surface area (Å²) < 4.78 is 5.61. The zero-order valence-electron chi connectivity index (χ0n) is 10.7. The van der Waals surface area contributed by atoms with Crippen LogP contribution >= 0.6 is 0 Å². The van der Waals surface area contributed by atoms with Gasteiger partial charge in [-0.05, 0) is 31.0 Å². The van der Waals surface area contributed by atoms with Gasteiger partial charge in [-0.2, -0.15) is 5.26 Å². The van der Waals surface area contributed by atoms with Crippen LogP contribution in [-0.2, 0) is 4.79 Å². The molecule has 0 heterocycles. The molecule has 0 spiro atoms. The lowest BCUT2D eigenvalue weighted by Crippen LogP contribution is -2.36. The fourth-order valence-electron chi connectivity index (χ4n) is 2.57. The number of nitrogens with zero attached hydrogens (tertiary/aromatic N) is 1. The third-order valence-electron chi connectivity index (χ3n) is 3.55. The predicted octanol–water partition coefficient (Wildman–Crippen LogP) is 2.97. The van der Waals surface area contributed by atoms with Gasteiger partial charge >= 0.3 is 5.97 Å². The Labute approximate surface area is 112 Å². The van der Waals surface area contributed by atoms with Gasteiger partial charge < -0.3 is 9.84 Å². The number of aliphatic carboxylic acids is 1. The van der Waals surface area contributed by atoms with Crippen molar-refractivity contribution in [1.82, 2.24) is 0 Å². The van der Waals surface area contributed by atoms with E-state index >= 15 is 0 Å². The van der Waals surface area contributed by atoms with Crippen molar-refractivity contribution in [3.8, 4) is 11.8 Å². The van der Waals surface area contributed by atoms with Gasteiger partial charge in [0.15, 0.2) is 6.10 Å². The minimum atomic E-state index is -0.922. The van der Waals surface area contributed by atoms with Crippen molar-refractivity contribution in [3.05, 3.63) is 29.8 Å². The Bertz CT molecular complexity index is 486. The van der Waals surface area contributed by atoms with E-state index in [0.717, 1.165) is 25.7 Å². The van der Waals surface area contributed by atoms with Crippen molar-refractivity contribution < 1.29 is 14.6 Å². The Morgan fingerprint density at radius 1 is 1.37 bits per heavy atom. The summed E-state index contributed by atoms with van der Waals surface area (Å²) in [6.45, 7) is 0. The molecule has 4 heteroatoms. The number of rotatable bonds is 4. The van der Waals surface area contributed by atoms with E-state index in [-0.39, 0.29) is 5.92 Å². The molecule has 0 saturated heterocycles. The number of benzene rings is 1. The zero-order chi connectivity index (χ0) is 13.7. The second kappa shape index (κ2) is 6.24. The number of carboxylic acid groups (broad SMARTS) is 1. The first-order valence-electron chi connectivity index (χ1n) is 6.60. The smallest absolute Gasteiger partial charge is 0.345 e. The summed E-state index contributed by atoms with van der Waals surface area (Å²) in [5, 5.41) is 18.2. The van der Waals surface area contributed by atoms with Crippen LogP contribution in [-0.4, -0.2) is 17.2 Å². The van der Waals surface area contributed by atoms with E-state index in [4.69, 9.17) is 10.00 Å². The van der Waals surface area contributed by atoms with Gasteiger partial charge in [-0.15, -0.1) is 0 Å². The molecular weight excluding hydrogens is 242 g/mol.